The maximum Gasteiger partial charge on any atom is 0.265 e. The van der Waals surface area contributed by atoms with Gasteiger partial charge in [0.15, 0.2) is 6.10 Å². The van der Waals surface area contributed by atoms with E-state index in [1.165, 1.54) is 30.5 Å². The van der Waals surface area contributed by atoms with Gasteiger partial charge >= 0.3 is 0 Å². The number of aromatic nitrogens is 1. The molecule has 0 bridgehead atoms. The summed E-state index contributed by atoms with van der Waals surface area (Å²) < 4.78 is 38.0. The number of benzene rings is 2. The van der Waals surface area contributed by atoms with Gasteiger partial charge in [0.05, 0.1) is 23.9 Å². The Hall–Kier alpha value is -3.59. The molecule has 0 fully saturated rings. The molecule has 0 spiro atoms. The highest BCUT2D eigenvalue weighted by atomic mass is 32.2. The lowest BCUT2D eigenvalue weighted by atomic mass is 10.3. The number of rotatable bonds is 8. The number of amides is 1. The number of anilines is 2. The van der Waals surface area contributed by atoms with E-state index < -0.39 is 16.1 Å². The van der Waals surface area contributed by atoms with Gasteiger partial charge in [0, 0.05) is 11.9 Å². The van der Waals surface area contributed by atoms with Crippen LogP contribution in [0, 0.1) is 0 Å². The largest absolute Gasteiger partial charge is 0.497 e. The summed E-state index contributed by atoms with van der Waals surface area (Å²) in [6.45, 7) is 1.62. The normalized spacial score (nSPS) is 11.9. The Kier molecular flexibility index (Phi) is 6.53. The van der Waals surface area contributed by atoms with Gasteiger partial charge in [-0.2, -0.15) is 0 Å². The minimum Gasteiger partial charge on any atom is -0.497 e. The van der Waals surface area contributed by atoms with Crippen molar-refractivity contribution < 1.29 is 22.7 Å². The molecule has 156 valence electrons. The smallest absolute Gasteiger partial charge is 0.265 e. The number of sulfonamides is 1. The second-order valence-corrected chi connectivity index (χ2v) is 7.98. The fourth-order valence-corrected chi connectivity index (χ4v) is 3.55. The van der Waals surface area contributed by atoms with Gasteiger partial charge in [0.2, 0.25) is 0 Å². The van der Waals surface area contributed by atoms with Gasteiger partial charge in [0.1, 0.15) is 11.5 Å². The van der Waals surface area contributed by atoms with Gasteiger partial charge in [-0.25, -0.2) is 8.42 Å². The van der Waals surface area contributed by atoms with Crippen LogP contribution in [0.3, 0.4) is 0 Å². The fourth-order valence-electron chi connectivity index (χ4n) is 2.51. The highest BCUT2D eigenvalue weighted by molar-refractivity contribution is 7.92. The molecule has 1 atom stereocenters. The summed E-state index contributed by atoms with van der Waals surface area (Å²) in [4.78, 5) is 16.3. The zero-order chi connectivity index (χ0) is 21.6. The van der Waals surface area contributed by atoms with Gasteiger partial charge < -0.3 is 14.8 Å². The van der Waals surface area contributed by atoms with Crippen molar-refractivity contribution >= 4 is 27.3 Å². The molecule has 0 saturated carbocycles. The van der Waals surface area contributed by atoms with Crippen molar-refractivity contribution in [1.82, 2.24) is 4.98 Å². The summed E-state index contributed by atoms with van der Waals surface area (Å²) in [6.07, 6.45) is 2.21. The van der Waals surface area contributed by atoms with Gasteiger partial charge in [-0.3, -0.25) is 14.5 Å². The molecule has 0 aliphatic rings. The van der Waals surface area contributed by atoms with Crippen LogP contribution >= 0.6 is 0 Å². The first-order valence-electron chi connectivity index (χ1n) is 9.02. The van der Waals surface area contributed by atoms with E-state index in [0.717, 1.165) is 0 Å². The Morgan fingerprint density at radius 1 is 0.967 bits per heavy atom. The van der Waals surface area contributed by atoms with Crippen LogP contribution in [0.4, 0.5) is 11.4 Å². The number of pyridine rings is 1. The van der Waals surface area contributed by atoms with E-state index in [2.05, 4.69) is 15.0 Å². The van der Waals surface area contributed by atoms with Crippen LogP contribution in [0.5, 0.6) is 11.5 Å². The van der Waals surface area contributed by atoms with Gasteiger partial charge in [-0.1, -0.05) is 0 Å². The third-order valence-corrected chi connectivity index (χ3v) is 5.48. The second kappa shape index (κ2) is 9.27. The highest BCUT2D eigenvalue weighted by Gasteiger charge is 2.17. The Morgan fingerprint density at radius 2 is 1.63 bits per heavy atom. The van der Waals surface area contributed by atoms with Crippen molar-refractivity contribution in [3.05, 3.63) is 73.1 Å². The summed E-state index contributed by atoms with van der Waals surface area (Å²) in [7, 11) is -2.19. The Labute approximate surface area is 174 Å². The maximum atomic E-state index is 12.4. The maximum absolute atomic E-state index is 12.4. The van der Waals surface area contributed by atoms with E-state index in [0.29, 0.717) is 22.9 Å². The van der Waals surface area contributed by atoms with Crippen LogP contribution in [-0.4, -0.2) is 32.5 Å². The molecule has 0 unspecified atom stereocenters. The molecule has 1 heterocycles. The quantitative estimate of drug-likeness (QED) is 0.571. The number of ether oxygens (including phenoxy) is 2. The van der Waals surface area contributed by atoms with Crippen LogP contribution in [0.1, 0.15) is 6.92 Å². The van der Waals surface area contributed by atoms with Crippen LogP contribution in [0.15, 0.2) is 78.0 Å². The van der Waals surface area contributed by atoms with Crippen molar-refractivity contribution in [3.8, 4) is 11.5 Å². The number of hydrogen-bond acceptors (Lipinski definition) is 6. The first-order valence-corrected chi connectivity index (χ1v) is 10.5. The third-order valence-electron chi connectivity index (χ3n) is 4.09. The molecule has 0 aliphatic carbocycles. The van der Waals surface area contributed by atoms with Crippen LogP contribution in [-0.2, 0) is 14.8 Å². The lowest BCUT2D eigenvalue weighted by molar-refractivity contribution is -0.122. The molecular weight excluding hydrogens is 406 g/mol. The monoisotopic (exact) mass is 427 g/mol. The van der Waals surface area contributed by atoms with Crippen molar-refractivity contribution in [2.45, 2.75) is 17.9 Å². The lowest BCUT2D eigenvalue weighted by Crippen LogP contribution is -2.30. The Balaban J connectivity index is 1.60. The molecule has 1 aromatic heterocycles. The summed E-state index contributed by atoms with van der Waals surface area (Å²) in [5.41, 5.74) is 0.810. The Bertz CT molecular complexity index is 1090. The summed E-state index contributed by atoms with van der Waals surface area (Å²) in [6, 6.07) is 15.9. The topological polar surface area (TPSA) is 107 Å². The molecule has 0 radical (unpaired) electrons. The van der Waals surface area contributed by atoms with E-state index in [1.54, 1.807) is 56.6 Å². The van der Waals surface area contributed by atoms with E-state index in [1.807, 2.05) is 0 Å². The second-order valence-electron chi connectivity index (χ2n) is 6.30. The summed E-state index contributed by atoms with van der Waals surface area (Å²) in [5, 5.41) is 2.70. The number of carbonyl (C=O) groups is 1. The summed E-state index contributed by atoms with van der Waals surface area (Å²) >= 11 is 0. The average Bonchev–Trinajstić information content (AvgIpc) is 2.75. The van der Waals surface area contributed by atoms with Crippen molar-refractivity contribution in [3.63, 3.8) is 0 Å². The number of nitrogens with one attached hydrogen (secondary N) is 2. The predicted molar refractivity (Wildman–Crippen MR) is 113 cm³/mol. The molecular formula is C21H21N3O5S. The van der Waals surface area contributed by atoms with Crippen molar-refractivity contribution in [1.29, 1.82) is 0 Å². The molecule has 2 N–H and O–H groups in total. The van der Waals surface area contributed by atoms with Gasteiger partial charge in [-0.05, 0) is 67.6 Å². The standard InChI is InChI=1S/C21H21N3O5S/c1-15(29-19-9-7-18(28-2)8-10-19)21(25)23-16-5-11-20(12-6-16)30(26,27)24-17-4-3-13-22-14-17/h3-15,24H,1-2H3,(H,23,25)/t15-/m0/s1. The zero-order valence-electron chi connectivity index (χ0n) is 16.4. The molecule has 0 aliphatic heterocycles. The number of methoxy groups -OCH3 is 1. The third kappa shape index (κ3) is 5.48. The highest BCUT2D eigenvalue weighted by Crippen LogP contribution is 2.20. The molecule has 0 saturated heterocycles. The number of hydrogen-bond donors (Lipinski definition) is 2. The molecule has 30 heavy (non-hydrogen) atoms. The molecule has 2 aromatic carbocycles. The molecule has 3 rings (SSSR count). The van der Waals surface area contributed by atoms with Crippen LogP contribution in [0.2, 0.25) is 0 Å². The fraction of sp³-hybridized carbons (Fsp3) is 0.143. The first-order chi connectivity index (χ1) is 14.4. The molecule has 9 heteroatoms. The van der Waals surface area contributed by atoms with Crippen molar-refractivity contribution in [2.24, 2.45) is 0 Å². The minimum absolute atomic E-state index is 0.0619. The average molecular weight is 427 g/mol. The van der Waals surface area contributed by atoms with Crippen molar-refractivity contribution in [2.75, 3.05) is 17.1 Å². The summed E-state index contributed by atoms with van der Waals surface area (Å²) in [5.74, 6) is 0.851. The molecule has 8 nitrogen and oxygen atoms in total. The first kappa shape index (κ1) is 21.1. The SMILES string of the molecule is COc1ccc(O[C@@H](C)C(=O)Nc2ccc(S(=O)(=O)Nc3cccnc3)cc2)cc1. The van der Waals surface area contributed by atoms with Crippen LogP contribution in [0.25, 0.3) is 0 Å². The number of carbonyl (C=O) groups excluding carboxylic acids is 1. The van der Waals surface area contributed by atoms with Crippen LogP contribution < -0.4 is 19.5 Å². The molecule has 3 aromatic rings. The van der Waals surface area contributed by atoms with E-state index in [-0.39, 0.29) is 10.8 Å². The zero-order valence-corrected chi connectivity index (χ0v) is 17.2. The minimum atomic E-state index is -3.76. The van der Waals surface area contributed by atoms with E-state index >= 15 is 0 Å². The van der Waals surface area contributed by atoms with E-state index in [4.69, 9.17) is 9.47 Å². The number of nitrogens with zero attached hydrogens (tertiary/aromatic N) is 1. The van der Waals surface area contributed by atoms with E-state index in [9.17, 15) is 13.2 Å². The van der Waals surface area contributed by atoms with Gasteiger partial charge in [0.25, 0.3) is 15.9 Å². The lowest BCUT2D eigenvalue weighted by Gasteiger charge is -2.15. The molecule has 1 amide bonds. The predicted octanol–water partition coefficient (Wildman–Crippen LogP) is 3.30. The Morgan fingerprint density at radius 3 is 2.23 bits per heavy atom. The van der Waals surface area contributed by atoms with Gasteiger partial charge in [-0.15, -0.1) is 0 Å².